The van der Waals surface area contributed by atoms with Crippen molar-refractivity contribution in [2.24, 2.45) is 0 Å². The standard InChI is InChI=1S/C16H14ClFN2O3/c1-19-15(21)9-6-7-12(13(8-9)23-2)20-16(22)14-10(17)4-3-5-11(14)18/h3-8H,1-2H3,(H,19,21)(H,20,22). The van der Waals surface area contributed by atoms with Gasteiger partial charge in [0.1, 0.15) is 11.6 Å². The maximum atomic E-state index is 13.8. The highest BCUT2D eigenvalue weighted by molar-refractivity contribution is 6.34. The van der Waals surface area contributed by atoms with Crippen LogP contribution in [0.2, 0.25) is 5.02 Å². The Kier molecular flexibility index (Phi) is 5.18. The van der Waals surface area contributed by atoms with Crippen LogP contribution in [0.15, 0.2) is 36.4 Å². The molecule has 0 atom stereocenters. The summed E-state index contributed by atoms with van der Waals surface area (Å²) in [6.07, 6.45) is 0. The number of amides is 2. The van der Waals surface area contributed by atoms with E-state index in [0.717, 1.165) is 6.07 Å². The summed E-state index contributed by atoms with van der Waals surface area (Å²) in [6.45, 7) is 0. The molecule has 0 bridgehead atoms. The van der Waals surface area contributed by atoms with Crippen molar-refractivity contribution in [3.63, 3.8) is 0 Å². The SMILES string of the molecule is CNC(=O)c1ccc(NC(=O)c2c(F)cccc2Cl)c(OC)c1. The number of halogens is 2. The second-order valence-corrected chi connectivity index (χ2v) is 4.95. The fraction of sp³-hybridized carbons (Fsp3) is 0.125. The third-order valence-corrected chi connectivity index (χ3v) is 3.44. The molecule has 2 amide bonds. The van der Waals surface area contributed by atoms with Gasteiger partial charge in [0, 0.05) is 12.6 Å². The minimum absolute atomic E-state index is 0.00319. The summed E-state index contributed by atoms with van der Waals surface area (Å²) in [5.41, 5.74) is 0.405. The molecule has 2 N–H and O–H groups in total. The van der Waals surface area contributed by atoms with Crippen LogP contribution in [-0.4, -0.2) is 26.0 Å². The third-order valence-electron chi connectivity index (χ3n) is 3.13. The van der Waals surface area contributed by atoms with Gasteiger partial charge < -0.3 is 15.4 Å². The lowest BCUT2D eigenvalue weighted by Gasteiger charge is -2.12. The number of hydrogen-bond acceptors (Lipinski definition) is 3. The third kappa shape index (κ3) is 3.60. The second-order valence-electron chi connectivity index (χ2n) is 4.54. The normalized spacial score (nSPS) is 10.1. The largest absolute Gasteiger partial charge is 0.495 e. The van der Waals surface area contributed by atoms with Crippen LogP contribution in [0.3, 0.4) is 0 Å². The van der Waals surface area contributed by atoms with Crippen molar-refractivity contribution >= 4 is 29.1 Å². The van der Waals surface area contributed by atoms with E-state index in [4.69, 9.17) is 16.3 Å². The van der Waals surface area contributed by atoms with Crippen molar-refractivity contribution < 1.29 is 18.7 Å². The maximum absolute atomic E-state index is 13.8. The average Bonchev–Trinajstić information content (AvgIpc) is 2.54. The number of rotatable bonds is 4. The molecule has 0 aromatic heterocycles. The first kappa shape index (κ1) is 16.8. The monoisotopic (exact) mass is 336 g/mol. The summed E-state index contributed by atoms with van der Waals surface area (Å²) in [4.78, 5) is 23.8. The van der Waals surface area contributed by atoms with Crippen LogP contribution in [0.1, 0.15) is 20.7 Å². The van der Waals surface area contributed by atoms with Gasteiger partial charge in [0.2, 0.25) is 0 Å². The van der Waals surface area contributed by atoms with Crippen LogP contribution in [0, 0.1) is 5.82 Å². The van der Waals surface area contributed by atoms with Crippen LogP contribution in [-0.2, 0) is 0 Å². The smallest absolute Gasteiger partial charge is 0.260 e. The van der Waals surface area contributed by atoms with Crippen LogP contribution in [0.4, 0.5) is 10.1 Å². The molecule has 0 saturated heterocycles. The minimum Gasteiger partial charge on any atom is -0.495 e. The lowest BCUT2D eigenvalue weighted by molar-refractivity contribution is 0.0962. The highest BCUT2D eigenvalue weighted by Crippen LogP contribution is 2.27. The molecule has 0 fully saturated rings. The topological polar surface area (TPSA) is 67.4 Å². The van der Waals surface area contributed by atoms with Crippen molar-refractivity contribution in [2.45, 2.75) is 0 Å². The van der Waals surface area contributed by atoms with Gasteiger partial charge in [-0.05, 0) is 30.3 Å². The molecule has 0 aliphatic heterocycles. The Labute approximate surface area is 137 Å². The van der Waals surface area contributed by atoms with Gasteiger partial charge in [-0.15, -0.1) is 0 Å². The van der Waals surface area contributed by atoms with Crippen LogP contribution in [0.25, 0.3) is 0 Å². The number of benzene rings is 2. The van der Waals surface area contributed by atoms with Gasteiger partial charge in [0.05, 0.1) is 23.4 Å². The number of methoxy groups -OCH3 is 1. The number of carbonyl (C=O) groups excluding carboxylic acids is 2. The van der Waals surface area contributed by atoms with Gasteiger partial charge in [0.25, 0.3) is 11.8 Å². The summed E-state index contributed by atoms with van der Waals surface area (Å²) in [5.74, 6) is -1.46. The van der Waals surface area contributed by atoms with E-state index in [1.165, 1.54) is 44.5 Å². The molecule has 23 heavy (non-hydrogen) atoms. The molecule has 0 radical (unpaired) electrons. The van der Waals surface area contributed by atoms with Crippen LogP contribution < -0.4 is 15.4 Å². The fourth-order valence-corrected chi connectivity index (χ4v) is 2.23. The number of carbonyl (C=O) groups is 2. The van der Waals surface area contributed by atoms with Crippen molar-refractivity contribution in [1.82, 2.24) is 5.32 Å². The van der Waals surface area contributed by atoms with Crippen molar-refractivity contribution in [3.8, 4) is 5.75 Å². The highest BCUT2D eigenvalue weighted by atomic mass is 35.5. The Morgan fingerprint density at radius 1 is 1.17 bits per heavy atom. The maximum Gasteiger partial charge on any atom is 0.260 e. The molecule has 7 heteroatoms. The first-order valence-electron chi connectivity index (χ1n) is 6.63. The number of hydrogen-bond donors (Lipinski definition) is 2. The van der Waals surface area contributed by atoms with Gasteiger partial charge in [0.15, 0.2) is 0 Å². The molecule has 120 valence electrons. The van der Waals surface area contributed by atoms with E-state index < -0.39 is 11.7 Å². The molecule has 2 aromatic carbocycles. The minimum atomic E-state index is -0.726. The predicted octanol–water partition coefficient (Wildman–Crippen LogP) is 3.10. The molecule has 0 spiro atoms. The van der Waals surface area contributed by atoms with Gasteiger partial charge in [-0.3, -0.25) is 9.59 Å². The molecule has 0 heterocycles. The zero-order valence-corrected chi connectivity index (χ0v) is 13.2. The fourth-order valence-electron chi connectivity index (χ4n) is 1.98. The summed E-state index contributed by atoms with van der Waals surface area (Å²) in [6, 6.07) is 8.46. The first-order chi connectivity index (χ1) is 11.0. The summed E-state index contributed by atoms with van der Waals surface area (Å²) < 4.78 is 18.9. The molecular formula is C16H14ClFN2O3. The molecule has 0 unspecified atom stereocenters. The Morgan fingerprint density at radius 3 is 2.52 bits per heavy atom. The zero-order chi connectivity index (χ0) is 17.0. The highest BCUT2D eigenvalue weighted by Gasteiger charge is 2.18. The number of nitrogens with one attached hydrogen (secondary N) is 2. The van der Waals surface area contributed by atoms with E-state index in [1.807, 2.05) is 0 Å². The van der Waals surface area contributed by atoms with Gasteiger partial charge in [-0.2, -0.15) is 0 Å². The quantitative estimate of drug-likeness (QED) is 0.901. The first-order valence-corrected chi connectivity index (χ1v) is 7.01. The molecule has 0 aliphatic rings. The molecule has 0 saturated carbocycles. The Morgan fingerprint density at radius 2 is 1.91 bits per heavy atom. The Balaban J connectivity index is 2.33. The van der Waals surface area contributed by atoms with E-state index in [0.29, 0.717) is 11.3 Å². The lowest BCUT2D eigenvalue weighted by atomic mass is 10.1. The van der Waals surface area contributed by atoms with E-state index in [9.17, 15) is 14.0 Å². The van der Waals surface area contributed by atoms with E-state index >= 15 is 0 Å². The summed E-state index contributed by atoms with van der Waals surface area (Å²) >= 11 is 5.86. The van der Waals surface area contributed by atoms with Crippen molar-refractivity contribution in [3.05, 3.63) is 58.4 Å². The second kappa shape index (κ2) is 7.11. The Hall–Kier alpha value is -2.60. The van der Waals surface area contributed by atoms with Gasteiger partial charge in [-0.1, -0.05) is 17.7 Å². The molecular weight excluding hydrogens is 323 g/mol. The molecule has 2 rings (SSSR count). The number of anilines is 1. The van der Waals surface area contributed by atoms with Crippen molar-refractivity contribution in [2.75, 3.05) is 19.5 Å². The van der Waals surface area contributed by atoms with Crippen LogP contribution in [0.5, 0.6) is 5.75 Å². The van der Waals surface area contributed by atoms with E-state index in [-0.39, 0.29) is 22.2 Å². The zero-order valence-electron chi connectivity index (χ0n) is 12.4. The summed E-state index contributed by atoms with van der Waals surface area (Å²) in [7, 11) is 2.90. The Bertz CT molecular complexity index is 745. The summed E-state index contributed by atoms with van der Waals surface area (Å²) in [5, 5.41) is 5.01. The van der Waals surface area contributed by atoms with E-state index in [1.54, 1.807) is 0 Å². The predicted molar refractivity (Wildman–Crippen MR) is 85.7 cm³/mol. The molecule has 5 nitrogen and oxygen atoms in total. The molecule has 2 aromatic rings. The average molecular weight is 337 g/mol. The van der Waals surface area contributed by atoms with Crippen LogP contribution >= 0.6 is 11.6 Å². The van der Waals surface area contributed by atoms with Gasteiger partial charge in [-0.25, -0.2) is 4.39 Å². The van der Waals surface area contributed by atoms with E-state index in [2.05, 4.69) is 10.6 Å². The van der Waals surface area contributed by atoms with Gasteiger partial charge >= 0.3 is 0 Å². The number of ether oxygens (including phenoxy) is 1. The lowest BCUT2D eigenvalue weighted by Crippen LogP contribution is -2.18. The molecule has 0 aliphatic carbocycles. The van der Waals surface area contributed by atoms with Crippen molar-refractivity contribution in [1.29, 1.82) is 0 Å².